The van der Waals surface area contributed by atoms with Crippen molar-refractivity contribution in [3.05, 3.63) is 28.5 Å². The van der Waals surface area contributed by atoms with Gasteiger partial charge in [-0.2, -0.15) is 5.11 Å². The van der Waals surface area contributed by atoms with Crippen molar-refractivity contribution in [1.29, 1.82) is 5.53 Å². The molecule has 2 N–H and O–H groups in total. The number of halogens is 1. The molecule has 1 aliphatic rings. The van der Waals surface area contributed by atoms with Gasteiger partial charge in [0.25, 0.3) is 0 Å². The highest BCUT2D eigenvalue weighted by Crippen LogP contribution is 2.16. The lowest BCUT2D eigenvalue weighted by atomic mass is 10.3. The number of aliphatic imine (C=N–C) groups is 2. The van der Waals surface area contributed by atoms with Crippen LogP contribution in [-0.4, -0.2) is 42.4 Å². The molecule has 0 fully saturated rings. The van der Waals surface area contributed by atoms with E-state index in [9.17, 15) is 0 Å². The summed E-state index contributed by atoms with van der Waals surface area (Å²) in [6.45, 7) is 3.34. The largest absolute Gasteiger partial charge is 0.366 e. The maximum Gasteiger partial charge on any atom is 0.218 e. The van der Waals surface area contributed by atoms with Gasteiger partial charge in [-0.05, 0) is 34.5 Å². The molecular formula is C13H17BrN6O. The van der Waals surface area contributed by atoms with Crippen LogP contribution in [0.5, 0.6) is 0 Å². The molecule has 0 radical (unpaired) electrons. The summed E-state index contributed by atoms with van der Waals surface area (Å²) < 4.78 is 6.69. The molecule has 2 unspecified atom stereocenters. The molecule has 0 bridgehead atoms. The van der Waals surface area contributed by atoms with Gasteiger partial charge in [0.2, 0.25) is 5.96 Å². The van der Waals surface area contributed by atoms with E-state index in [4.69, 9.17) is 10.3 Å². The van der Waals surface area contributed by atoms with E-state index in [2.05, 4.69) is 41.3 Å². The molecule has 0 saturated carbocycles. The maximum atomic E-state index is 6.81. The predicted octanol–water partition coefficient (Wildman–Crippen LogP) is 2.18. The van der Waals surface area contributed by atoms with Crippen molar-refractivity contribution < 1.29 is 4.74 Å². The average molecular weight is 353 g/mol. The summed E-state index contributed by atoms with van der Waals surface area (Å²) in [7, 11) is 0. The van der Waals surface area contributed by atoms with Crippen LogP contribution in [0.15, 0.2) is 38.0 Å². The van der Waals surface area contributed by atoms with Gasteiger partial charge >= 0.3 is 0 Å². The topological polar surface area (TPSA) is 95.1 Å². The molecule has 7 nitrogen and oxygen atoms in total. The normalized spacial score (nSPS) is 19.0. The maximum absolute atomic E-state index is 6.81. The Bertz CT molecular complexity index is 547. The van der Waals surface area contributed by atoms with Gasteiger partial charge in [0.05, 0.1) is 19.7 Å². The first-order valence-electron chi connectivity index (χ1n) is 6.57. The Morgan fingerprint density at radius 2 is 2.48 bits per heavy atom. The van der Waals surface area contributed by atoms with Crippen molar-refractivity contribution in [1.82, 2.24) is 10.3 Å². The van der Waals surface area contributed by atoms with E-state index in [-0.39, 0.29) is 12.1 Å². The van der Waals surface area contributed by atoms with Gasteiger partial charge in [-0.1, -0.05) is 0 Å². The van der Waals surface area contributed by atoms with Gasteiger partial charge < -0.3 is 10.1 Å². The van der Waals surface area contributed by atoms with Crippen LogP contribution in [0.3, 0.4) is 0 Å². The van der Waals surface area contributed by atoms with Crippen LogP contribution in [-0.2, 0) is 11.3 Å². The Kier molecular flexibility index (Phi) is 5.94. The molecule has 2 rings (SSSR count). The summed E-state index contributed by atoms with van der Waals surface area (Å²) >= 11 is 3.43. The first kappa shape index (κ1) is 15.7. The fraction of sp³-hybridized carbons (Fsp3) is 0.462. The lowest BCUT2D eigenvalue weighted by Crippen LogP contribution is -2.37. The van der Waals surface area contributed by atoms with E-state index in [0.29, 0.717) is 25.7 Å². The van der Waals surface area contributed by atoms with Gasteiger partial charge in [0, 0.05) is 29.1 Å². The number of aromatic nitrogens is 1. The quantitative estimate of drug-likeness (QED) is 0.768. The second-order valence-electron chi connectivity index (χ2n) is 4.65. The molecule has 2 atom stereocenters. The Morgan fingerprint density at radius 1 is 1.62 bits per heavy atom. The van der Waals surface area contributed by atoms with Gasteiger partial charge in [0.1, 0.15) is 6.10 Å². The van der Waals surface area contributed by atoms with E-state index >= 15 is 0 Å². The van der Waals surface area contributed by atoms with Crippen LogP contribution in [0.4, 0.5) is 0 Å². The molecule has 0 saturated heterocycles. The zero-order chi connectivity index (χ0) is 15.1. The summed E-state index contributed by atoms with van der Waals surface area (Å²) in [5.41, 5.74) is 7.85. The highest BCUT2D eigenvalue weighted by molar-refractivity contribution is 9.10. The van der Waals surface area contributed by atoms with Crippen LogP contribution < -0.4 is 5.32 Å². The zero-order valence-corrected chi connectivity index (χ0v) is 13.2. The lowest BCUT2D eigenvalue weighted by molar-refractivity contribution is 0.0918. The van der Waals surface area contributed by atoms with Crippen molar-refractivity contribution in [2.24, 2.45) is 15.1 Å². The standard InChI is InChI=1S/C13H17BrN6O/c1-9(4-19-15)20-13-17-5-11(6-18-13)21-8-10-2-3-16-7-12(10)14/h2-3,5,7,9,11,15H,4,6,8H2,1H3,(H,18,20). The van der Waals surface area contributed by atoms with Crippen LogP contribution in [0, 0.1) is 5.53 Å². The number of guanidine groups is 1. The molecular weight excluding hydrogens is 336 g/mol. The molecule has 112 valence electrons. The van der Waals surface area contributed by atoms with E-state index in [1.165, 1.54) is 0 Å². The molecule has 0 aliphatic carbocycles. The van der Waals surface area contributed by atoms with E-state index in [1.807, 2.05) is 13.0 Å². The molecule has 0 amide bonds. The third kappa shape index (κ3) is 4.98. The minimum atomic E-state index is -0.133. The summed E-state index contributed by atoms with van der Waals surface area (Å²) in [5, 5.41) is 6.42. The number of nitrogens with zero attached hydrogens (tertiary/aromatic N) is 4. The first-order chi connectivity index (χ1) is 10.2. The van der Waals surface area contributed by atoms with Crippen molar-refractivity contribution >= 4 is 28.1 Å². The monoisotopic (exact) mass is 352 g/mol. The Morgan fingerprint density at radius 3 is 3.14 bits per heavy atom. The minimum Gasteiger partial charge on any atom is -0.366 e. The minimum absolute atomic E-state index is 0.0450. The lowest BCUT2D eigenvalue weighted by Gasteiger charge is -2.18. The fourth-order valence-electron chi connectivity index (χ4n) is 1.72. The van der Waals surface area contributed by atoms with Crippen molar-refractivity contribution in [2.45, 2.75) is 25.7 Å². The highest BCUT2D eigenvalue weighted by Gasteiger charge is 2.13. The van der Waals surface area contributed by atoms with Crippen LogP contribution in [0.2, 0.25) is 0 Å². The Hall–Kier alpha value is -1.67. The molecule has 8 heteroatoms. The molecule has 1 aromatic heterocycles. The van der Waals surface area contributed by atoms with E-state index in [1.54, 1.807) is 18.6 Å². The van der Waals surface area contributed by atoms with Gasteiger partial charge in [-0.25, -0.2) is 15.5 Å². The summed E-state index contributed by atoms with van der Waals surface area (Å²) in [6.07, 6.45) is 5.09. The first-order valence-corrected chi connectivity index (χ1v) is 7.36. The highest BCUT2D eigenvalue weighted by atomic mass is 79.9. The van der Waals surface area contributed by atoms with Crippen molar-refractivity contribution in [3.8, 4) is 0 Å². The molecule has 1 aliphatic heterocycles. The van der Waals surface area contributed by atoms with Crippen LogP contribution in [0.25, 0.3) is 0 Å². The van der Waals surface area contributed by atoms with E-state index < -0.39 is 0 Å². The second-order valence-corrected chi connectivity index (χ2v) is 5.50. The molecule has 0 spiro atoms. The molecule has 0 aromatic carbocycles. The number of hydrogen-bond acceptors (Lipinski definition) is 7. The molecule has 2 heterocycles. The third-order valence-corrected chi connectivity index (χ3v) is 3.55. The Labute approximate surface area is 131 Å². The summed E-state index contributed by atoms with van der Waals surface area (Å²) in [5.74, 6) is 0.566. The van der Waals surface area contributed by atoms with Crippen molar-refractivity contribution in [3.63, 3.8) is 0 Å². The van der Waals surface area contributed by atoms with Crippen LogP contribution >= 0.6 is 15.9 Å². The number of hydrogen-bond donors (Lipinski definition) is 2. The van der Waals surface area contributed by atoms with Gasteiger partial charge in [-0.3, -0.25) is 4.98 Å². The number of pyridine rings is 1. The van der Waals surface area contributed by atoms with Gasteiger partial charge in [0.15, 0.2) is 0 Å². The predicted molar refractivity (Wildman–Crippen MR) is 83.9 cm³/mol. The number of nitrogens with one attached hydrogen (secondary N) is 2. The van der Waals surface area contributed by atoms with Gasteiger partial charge in [-0.15, -0.1) is 0 Å². The second kappa shape index (κ2) is 7.94. The molecule has 1 aromatic rings. The van der Waals surface area contributed by atoms with Crippen LogP contribution in [0.1, 0.15) is 12.5 Å². The number of rotatable bonds is 6. The average Bonchev–Trinajstić information content (AvgIpc) is 2.48. The summed E-state index contributed by atoms with van der Waals surface area (Å²) in [4.78, 5) is 12.6. The van der Waals surface area contributed by atoms with Crippen molar-refractivity contribution in [2.75, 3.05) is 13.1 Å². The Balaban J connectivity index is 1.79. The summed E-state index contributed by atoms with van der Waals surface area (Å²) in [6, 6.07) is 1.95. The smallest absolute Gasteiger partial charge is 0.218 e. The fourth-order valence-corrected chi connectivity index (χ4v) is 2.08. The SMILES string of the molecule is CC(CN=N)NC1=NCC(OCc2ccncc2Br)C=N1. The number of ether oxygens (including phenoxy) is 1. The molecule has 21 heavy (non-hydrogen) atoms. The zero-order valence-electron chi connectivity index (χ0n) is 11.7. The third-order valence-electron chi connectivity index (χ3n) is 2.83. The van der Waals surface area contributed by atoms with E-state index in [0.717, 1.165) is 10.0 Å².